The number of carbonyl (C=O) groups is 1. The predicted octanol–water partition coefficient (Wildman–Crippen LogP) is 4.64. The Balaban J connectivity index is 1.53. The minimum atomic E-state index is -0.358. The van der Waals surface area contributed by atoms with Gasteiger partial charge in [-0.2, -0.15) is 0 Å². The average molecular weight is 420 g/mol. The Morgan fingerprint density at radius 1 is 1.10 bits per heavy atom. The van der Waals surface area contributed by atoms with Crippen molar-refractivity contribution in [2.45, 2.75) is 13.8 Å². The van der Waals surface area contributed by atoms with Crippen molar-refractivity contribution in [2.75, 3.05) is 23.0 Å². The zero-order valence-corrected chi connectivity index (χ0v) is 17.3. The molecule has 30 heavy (non-hydrogen) atoms. The minimum Gasteiger partial charge on any atom is -0.462 e. The number of esters is 1. The van der Waals surface area contributed by atoms with Gasteiger partial charge in [-0.3, -0.25) is 0 Å². The van der Waals surface area contributed by atoms with Gasteiger partial charge >= 0.3 is 5.97 Å². The number of aromatic nitrogens is 3. The number of nitrogens with two attached hydrogens (primary N) is 1. The Morgan fingerprint density at radius 2 is 1.83 bits per heavy atom. The standard InChI is InChI=1S/C21H20N6O2S/c1-3-29-20(28)13-5-7-14(8-6-13)25-18-17(22)19(24-11-23-18)27-21-26-15-9-4-12(2)10-16(15)30-21/h4-11H,3,22H2,1-2H3,(H2,23,24,25,26,27). The van der Waals surface area contributed by atoms with E-state index < -0.39 is 0 Å². The first-order valence-electron chi connectivity index (χ1n) is 9.32. The molecule has 0 aliphatic rings. The van der Waals surface area contributed by atoms with E-state index >= 15 is 0 Å². The van der Waals surface area contributed by atoms with Crippen molar-refractivity contribution in [3.63, 3.8) is 0 Å². The maximum Gasteiger partial charge on any atom is 0.338 e. The number of aryl methyl sites for hydroxylation is 1. The molecule has 2 heterocycles. The zero-order valence-electron chi connectivity index (χ0n) is 16.5. The van der Waals surface area contributed by atoms with Gasteiger partial charge in [0.2, 0.25) is 0 Å². The monoisotopic (exact) mass is 420 g/mol. The van der Waals surface area contributed by atoms with E-state index in [1.165, 1.54) is 23.2 Å². The molecule has 152 valence electrons. The van der Waals surface area contributed by atoms with Crippen LogP contribution in [0.5, 0.6) is 0 Å². The van der Waals surface area contributed by atoms with Gasteiger partial charge in [0.25, 0.3) is 0 Å². The first kappa shape index (κ1) is 19.6. The molecular weight excluding hydrogens is 400 g/mol. The van der Waals surface area contributed by atoms with Crippen LogP contribution in [0.1, 0.15) is 22.8 Å². The number of hydrogen-bond donors (Lipinski definition) is 3. The molecule has 0 amide bonds. The number of benzene rings is 2. The van der Waals surface area contributed by atoms with E-state index in [9.17, 15) is 4.79 Å². The van der Waals surface area contributed by atoms with E-state index in [-0.39, 0.29) is 5.97 Å². The van der Waals surface area contributed by atoms with Gasteiger partial charge in [-0.25, -0.2) is 19.7 Å². The van der Waals surface area contributed by atoms with Gasteiger partial charge in [-0.1, -0.05) is 17.4 Å². The number of nitrogen functional groups attached to an aromatic ring is 1. The Kier molecular flexibility index (Phi) is 5.44. The van der Waals surface area contributed by atoms with Crippen LogP contribution in [-0.4, -0.2) is 27.5 Å². The van der Waals surface area contributed by atoms with Crippen molar-refractivity contribution < 1.29 is 9.53 Å². The summed E-state index contributed by atoms with van der Waals surface area (Å²) in [4.78, 5) is 24.8. The number of fused-ring (bicyclic) bond motifs is 1. The molecule has 0 saturated carbocycles. The average Bonchev–Trinajstić information content (AvgIpc) is 3.13. The fourth-order valence-corrected chi connectivity index (χ4v) is 3.79. The topological polar surface area (TPSA) is 115 Å². The van der Waals surface area contributed by atoms with Gasteiger partial charge in [-0.15, -0.1) is 0 Å². The Bertz CT molecular complexity index is 1210. The van der Waals surface area contributed by atoms with Gasteiger partial charge in [0.1, 0.15) is 12.0 Å². The van der Waals surface area contributed by atoms with E-state index in [0.717, 1.165) is 15.9 Å². The van der Waals surface area contributed by atoms with Crippen molar-refractivity contribution in [3.05, 3.63) is 59.9 Å². The molecule has 4 aromatic rings. The quantitative estimate of drug-likeness (QED) is 0.386. The summed E-state index contributed by atoms with van der Waals surface area (Å²) in [5, 5.41) is 7.02. The number of hydrogen-bond acceptors (Lipinski definition) is 9. The summed E-state index contributed by atoms with van der Waals surface area (Å²) in [7, 11) is 0. The number of nitrogens with one attached hydrogen (secondary N) is 2. The first-order valence-corrected chi connectivity index (χ1v) is 10.1. The number of rotatable bonds is 6. The van der Waals surface area contributed by atoms with E-state index in [1.54, 1.807) is 31.2 Å². The highest BCUT2D eigenvalue weighted by Crippen LogP contribution is 2.32. The molecule has 0 aliphatic carbocycles. The van der Waals surface area contributed by atoms with Crippen LogP contribution in [0.25, 0.3) is 10.2 Å². The normalized spacial score (nSPS) is 10.7. The summed E-state index contributed by atoms with van der Waals surface area (Å²) < 4.78 is 6.08. The summed E-state index contributed by atoms with van der Waals surface area (Å²) in [6, 6.07) is 13.0. The van der Waals surface area contributed by atoms with Crippen LogP contribution in [0.2, 0.25) is 0 Å². The Labute approximate surface area is 177 Å². The second-order valence-electron chi connectivity index (χ2n) is 6.52. The molecule has 0 fully saturated rings. The van der Waals surface area contributed by atoms with Crippen molar-refractivity contribution in [3.8, 4) is 0 Å². The third-order valence-electron chi connectivity index (χ3n) is 4.31. The second kappa shape index (κ2) is 8.34. The predicted molar refractivity (Wildman–Crippen MR) is 120 cm³/mol. The number of anilines is 5. The van der Waals surface area contributed by atoms with Crippen LogP contribution in [0.4, 0.5) is 28.1 Å². The maximum absolute atomic E-state index is 11.8. The summed E-state index contributed by atoms with van der Waals surface area (Å²) in [5.74, 6) is 0.558. The smallest absolute Gasteiger partial charge is 0.338 e. The fourth-order valence-electron chi connectivity index (χ4n) is 2.82. The first-order chi connectivity index (χ1) is 14.5. The van der Waals surface area contributed by atoms with Crippen LogP contribution in [0, 0.1) is 6.92 Å². The lowest BCUT2D eigenvalue weighted by Gasteiger charge is -2.11. The van der Waals surface area contributed by atoms with Crippen LogP contribution >= 0.6 is 11.3 Å². The van der Waals surface area contributed by atoms with Gasteiger partial charge in [0.15, 0.2) is 16.8 Å². The molecule has 9 heteroatoms. The highest BCUT2D eigenvalue weighted by Gasteiger charge is 2.12. The lowest BCUT2D eigenvalue weighted by Crippen LogP contribution is -2.06. The van der Waals surface area contributed by atoms with Gasteiger partial charge in [0, 0.05) is 5.69 Å². The molecule has 4 rings (SSSR count). The van der Waals surface area contributed by atoms with E-state index in [4.69, 9.17) is 10.5 Å². The molecule has 2 aromatic carbocycles. The van der Waals surface area contributed by atoms with Crippen molar-refractivity contribution in [1.82, 2.24) is 15.0 Å². The minimum absolute atomic E-state index is 0.334. The van der Waals surface area contributed by atoms with Crippen LogP contribution < -0.4 is 16.4 Å². The van der Waals surface area contributed by atoms with Gasteiger partial charge < -0.3 is 21.1 Å². The molecule has 0 atom stereocenters. The van der Waals surface area contributed by atoms with Crippen molar-refractivity contribution >= 4 is 55.7 Å². The lowest BCUT2D eigenvalue weighted by molar-refractivity contribution is 0.0526. The molecule has 4 N–H and O–H groups in total. The molecule has 8 nitrogen and oxygen atoms in total. The Morgan fingerprint density at radius 3 is 2.57 bits per heavy atom. The molecule has 0 unspecified atom stereocenters. The summed E-state index contributed by atoms with van der Waals surface area (Å²) in [6.07, 6.45) is 1.42. The number of ether oxygens (including phenoxy) is 1. The number of carbonyl (C=O) groups excluding carboxylic acids is 1. The maximum atomic E-state index is 11.8. The number of thiazole rings is 1. The van der Waals surface area contributed by atoms with Crippen molar-refractivity contribution in [1.29, 1.82) is 0 Å². The summed E-state index contributed by atoms with van der Waals surface area (Å²) >= 11 is 1.53. The third kappa shape index (κ3) is 4.15. The number of nitrogens with zero attached hydrogens (tertiary/aromatic N) is 3. The lowest BCUT2D eigenvalue weighted by atomic mass is 10.2. The van der Waals surface area contributed by atoms with Crippen LogP contribution in [0.15, 0.2) is 48.8 Å². The molecule has 0 spiro atoms. The summed E-state index contributed by atoms with van der Waals surface area (Å²) in [5.41, 5.74) is 9.94. The van der Waals surface area contributed by atoms with E-state index in [2.05, 4.69) is 31.7 Å². The highest BCUT2D eigenvalue weighted by atomic mass is 32.1. The highest BCUT2D eigenvalue weighted by molar-refractivity contribution is 7.22. The second-order valence-corrected chi connectivity index (χ2v) is 7.55. The Hall–Kier alpha value is -3.72. The SMILES string of the molecule is CCOC(=O)c1ccc(Nc2ncnc(Nc3nc4ccc(C)cc4s3)c2N)cc1. The van der Waals surface area contributed by atoms with E-state index in [1.807, 2.05) is 19.1 Å². The molecule has 0 saturated heterocycles. The molecular formula is C21H20N6O2S. The molecule has 0 bridgehead atoms. The largest absolute Gasteiger partial charge is 0.462 e. The molecule has 0 aliphatic heterocycles. The van der Waals surface area contributed by atoms with Gasteiger partial charge in [0.05, 0.1) is 22.4 Å². The molecule has 2 aromatic heterocycles. The summed E-state index contributed by atoms with van der Waals surface area (Å²) in [6.45, 7) is 4.15. The van der Waals surface area contributed by atoms with E-state index in [0.29, 0.717) is 34.6 Å². The van der Waals surface area contributed by atoms with Gasteiger partial charge in [-0.05, 0) is 55.8 Å². The fraction of sp³-hybridized carbons (Fsp3) is 0.143. The van der Waals surface area contributed by atoms with Crippen molar-refractivity contribution in [2.24, 2.45) is 0 Å². The molecule has 0 radical (unpaired) electrons. The van der Waals surface area contributed by atoms with Crippen LogP contribution in [-0.2, 0) is 4.74 Å². The zero-order chi connectivity index (χ0) is 21.1. The van der Waals surface area contributed by atoms with Crippen LogP contribution in [0.3, 0.4) is 0 Å². The third-order valence-corrected chi connectivity index (χ3v) is 5.25.